The van der Waals surface area contributed by atoms with E-state index in [9.17, 15) is 14.0 Å². The third-order valence-corrected chi connectivity index (χ3v) is 3.84. The van der Waals surface area contributed by atoms with Gasteiger partial charge in [0, 0.05) is 5.56 Å². The molecule has 1 fully saturated rings. The Hall–Kier alpha value is -2.49. The Morgan fingerprint density at radius 2 is 1.82 bits per heavy atom. The van der Waals surface area contributed by atoms with E-state index in [4.69, 9.17) is 4.74 Å². The van der Waals surface area contributed by atoms with Crippen LogP contribution >= 0.6 is 0 Å². The van der Waals surface area contributed by atoms with E-state index in [1.54, 1.807) is 30.3 Å². The second kappa shape index (κ2) is 5.72. The van der Waals surface area contributed by atoms with Gasteiger partial charge >= 0.3 is 5.97 Å². The fraction of sp³-hybridized carbons (Fsp3) is 0.222. The normalized spacial score (nSPS) is 19.5. The van der Waals surface area contributed by atoms with Crippen molar-refractivity contribution in [2.75, 3.05) is 0 Å². The van der Waals surface area contributed by atoms with Crippen molar-refractivity contribution in [2.24, 2.45) is 11.8 Å². The van der Waals surface area contributed by atoms with Crippen molar-refractivity contribution in [1.82, 2.24) is 0 Å². The summed E-state index contributed by atoms with van der Waals surface area (Å²) in [4.78, 5) is 24.4. The van der Waals surface area contributed by atoms with Gasteiger partial charge in [0.05, 0.1) is 11.5 Å². The first-order chi connectivity index (χ1) is 10.6. The van der Waals surface area contributed by atoms with Gasteiger partial charge in [-0.25, -0.2) is 4.39 Å². The quantitative estimate of drug-likeness (QED) is 0.492. The first kappa shape index (κ1) is 14.4. The summed E-state index contributed by atoms with van der Waals surface area (Å²) in [5, 5.41) is 0. The maximum atomic E-state index is 13.5. The van der Waals surface area contributed by atoms with Crippen molar-refractivity contribution in [3.05, 3.63) is 65.5 Å². The SMILES string of the molecule is C[C@@H]1C[C@H]1C(=O)Oc1ccc(F)cc1C(=O)c1ccccc1. The Bertz CT molecular complexity index is 724. The smallest absolute Gasteiger partial charge is 0.314 e. The average molecular weight is 298 g/mol. The average Bonchev–Trinajstić information content (AvgIpc) is 3.26. The van der Waals surface area contributed by atoms with E-state index in [0.717, 1.165) is 12.5 Å². The molecule has 0 aromatic heterocycles. The highest BCUT2D eigenvalue weighted by atomic mass is 19.1. The minimum absolute atomic E-state index is 0.0628. The summed E-state index contributed by atoms with van der Waals surface area (Å²) in [5.74, 6) is -0.975. The van der Waals surface area contributed by atoms with E-state index < -0.39 is 5.82 Å². The molecule has 2 atom stereocenters. The minimum Gasteiger partial charge on any atom is -0.426 e. The summed E-state index contributed by atoms with van der Waals surface area (Å²) >= 11 is 0. The van der Waals surface area contributed by atoms with Gasteiger partial charge in [0.2, 0.25) is 0 Å². The first-order valence-corrected chi connectivity index (χ1v) is 7.17. The highest BCUT2D eigenvalue weighted by molar-refractivity contribution is 6.11. The molecular weight excluding hydrogens is 283 g/mol. The van der Waals surface area contributed by atoms with Crippen LogP contribution in [-0.4, -0.2) is 11.8 Å². The number of halogens is 1. The topological polar surface area (TPSA) is 43.4 Å². The molecular formula is C18H15FO3. The number of carbonyl (C=O) groups is 2. The van der Waals surface area contributed by atoms with Crippen LogP contribution in [0.3, 0.4) is 0 Å². The number of hydrogen-bond acceptors (Lipinski definition) is 3. The number of rotatable bonds is 4. The maximum absolute atomic E-state index is 13.5. The van der Waals surface area contributed by atoms with Crippen molar-refractivity contribution >= 4 is 11.8 Å². The van der Waals surface area contributed by atoms with Crippen molar-refractivity contribution in [1.29, 1.82) is 0 Å². The molecule has 112 valence electrons. The second-order valence-corrected chi connectivity index (χ2v) is 5.58. The summed E-state index contributed by atoms with van der Waals surface area (Å²) in [5.41, 5.74) is 0.484. The molecule has 3 nitrogen and oxygen atoms in total. The fourth-order valence-corrected chi connectivity index (χ4v) is 2.35. The molecule has 0 aliphatic heterocycles. The minimum atomic E-state index is -0.543. The molecule has 1 aliphatic rings. The van der Waals surface area contributed by atoms with Gasteiger partial charge in [0.25, 0.3) is 0 Å². The number of hydrogen-bond donors (Lipinski definition) is 0. The lowest BCUT2D eigenvalue weighted by molar-refractivity contribution is -0.136. The van der Waals surface area contributed by atoms with Crippen molar-refractivity contribution in [3.8, 4) is 5.75 Å². The lowest BCUT2D eigenvalue weighted by Gasteiger charge is -2.09. The van der Waals surface area contributed by atoms with Crippen LogP contribution in [0.25, 0.3) is 0 Å². The van der Waals surface area contributed by atoms with Crippen LogP contribution in [0.5, 0.6) is 5.75 Å². The van der Waals surface area contributed by atoms with Gasteiger partial charge in [0.15, 0.2) is 5.78 Å². The summed E-state index contributed by atoms with van der Waals surface area (Å²) in [6.07, 6.45) is 0.794. The monoisotopic (exact) mass is 298 g/mol. The molecule has 0 N–H and O–H groups in total. The molecule has 1 aliphatic carbocycles. The highest BCUT2D eigenvalue weighted by Crippen LogP contribution is 2.39. The van der Waals surface area contributed by atoms with Crippen molar-refractivity contribution in [2.45, 2.75) is 13.3 Å². The Balaban J connectivity index is 1.91. The Kier molecular flexibility index (Phi) is 3.75. The molecule has 3 rings (SSSR count). The molecule has 1 saturated carbocycles. The lowest BCUT2D eigenvalue weighted by Crippen LogP contribution is -2.14. The molecule has 0 saturated heterocycles. The standard InChI is InChI=1S/C18H15FO3/c1-11-9-14(11)18(21)22-16-8-7-13(19)10-15(16)17(20)12-5-3-2-4-6-12/h2-8,10-11,14H,9H2,1H3/t11-,14-/m1/s1. The molecule has 4 heteroatoms. The number of ether oxygens (including phenoxy) is 1. The van der Waals surface area contributed by atoms with Crippen LogP contribution in [0.15, 0.2) is 48.5 Å². The summed E-state index contributed by atoms with van der Waals surface area (Å²) < 4.78 is 18.8. The molecule has 2 aromatic rings. The van der Waals surface area contributed by atoms with Gasteiger partial charge in [-0.15, -0.1) is 0 Å². The second-order valence-electron chi connectivity index (χ2n) is 5.58. The lowest BCUT2D eigenvalue weighted by atomic mass is 10.0. The van der Waals surface area contributed by atoms with E-state index in [2.05, 4.69) is 0 Å². The summed E-state index contributed by atoms with van der Waals surface area (Å²) in [6, 6.07) is 12.1. The van der Waals surface area contributed by atoms with Crippen LogP contribution in [0, 0.1) is 17.7 Å². The summed E-state index contributed by atoms with van der Waals surface area (Å²) in [6.45, 7) is 1.96. The molecule has 0 amide bonds. The zero-order chi connectivity index (χ0) is 15.7. The first-order valence-electron chi connectivity index (χ1n) is 7.17. The molecule has 0 heterocycles. The van der Waals surface area contributed by atoms with Crippen LogP contribution < -0.4 is 4.74 Å². The summed E-state index contributed by atoms with van der Waals surface area (Å²) in [7, 11) is 0. The van der Waals surface area contributed by atoms with E-state index in [0.29, 0.717) is 11.5 Å². The molecule has 2 aromatic carbocycles. The van der Waals surface area contributed by atoms with Crippen LogP contribution in [0.2, 0.25) is 0 Å². The molecule has 0 radical (unpaired) electrons. The van der Waals surface area contributed by atoms with Gasteiger partial charge in [-0.05, 0) is 30.5 Å². The van der Waals surface area contributed by atoms with Crippen molar-refractivity contribution in [3.63, 3.8) is 0 Å². The predicted molar refractivity (Wildman–Crippen MR) is 79.2 cm³/mol. The van der Waals surface area contributed by atoms with Crippen LogP contribution in [0.1, 0.15) is 29.3 Å². The highest BCUT2D eigenvalue weighted by Gasteiger charge is 2.41. The Morgan fingerprint density at radius 3 is 2.45 bits per heavy atom. The van der Waals surface area contributed by atoms with Gasteiger partial charge in [-0.1, -0.05) is 37.3 Å². The largest absolute Gasteiger partial charge is 0.426 e. The van der Waals surface area contributed by atoms with E-state index in [1.165, 1.54) is 12.1 Å². The fourth-order valence-electron chi connectivity index (χ4n) is 2.35. The maximum Gasteiger partial charge on any atom is 0.314 e. The molecule has 0 spiro atoms. The van der Waals surface area contributed by atoms with E-state index >= 15 is 0 Å². The van der Waals surface area contributed by atoms with Gasteiger partial charge in [-0.2, -0.15) is 0 Å². The number of ketones is 1. The Morgan fingerprint density at radius 1 is 1.14 bits per heavy atom. The van der Waals surface area contributed by atoms with Crippen LogP contribution in [-0.2, 0) is 4.79 Å². The molecule has 22 heavy (non-hydrogen) atoms. The third kappa shape index (κ3) is 2.91. The zero-order valence-corrected chi connectivity index (χ0v) is 12.1. The number of carbonyl (C=O) groups excluding carboxylic acids is 2. The van der Waals surface area contributed by atoms with Crippen molar-refractivity contribution < 1.29 is 18.7 Å². The van der Waals surface area contributed by atoms with Gasteiger partial charge in [-0.3, -0.25) is 9.59 Å². The van der Waals surface area contributed by atoms with Gasteiger partial charge in [0.1, 0.15) is 11.6 Å². The third-order valence-electron chi connectivity index (χ3n) is 3.84. The van der Waals surface area contributed by atoms with E-state index in [-0.39, 0.29) is 29.0 Å². The van der Waals surface area contributed by atoms with Crippen LogP contribution in [0.4, 0.5) is 4.39 Å². The van der Waals surface area contributed by atoms with E-state index in [1.807, 2.05) is 6.92 Å². The predicted octanol–water partition coefficient (Wildman–Crippen LogP) is 3.62. The molecule has 0 bridgehead atoms. The van der Waals surface area contributed by atoms with Gasteiger partial charge < -0.3 is 4.74 Å². The number of esters is 1. The zero-order valence-electron chi connectivity index (χ0n) is 12.1. The Labute approximate surface area is 127 Å². The molecule has 0 unspecified atom stereocenters. The number of benzene rings is 2.